The smallest absolute Gasteiger partial charge is 0.293 e. The van der Waals surface area contributed by atoms with Gasteiger partial charge in [-0.2, -0.15) is 0 Å². The molecule has 8 heteroatoms. The van der Waals surface area contributed by atoms with Gasteiger partial charge in [-0.05, 0) is 17.7 Å². The Morgan fingerprint density at radius 1 is 1.43 bits per heavy atom. The molecule has 2 rings (SSSR count). The summed E-state index contributed by atoms with van der Waals surface area (Å²) >= 11 is 0. The van der Waals surface area contributed by atoms with E-state index in [1.54, 1.807) is 6.07 Å². The molecule has 8 nitrogen and oxygen atoms in total. The van der Waals surface area contributed by atoms with Crippen molar-refractivity contribution < 1.29 is 35.7 Å². The Kier molecular flexibility index (Phi) is 4.51. The zero-order valence-corrected chi connectivity index (χ0v) is 11.0. The molecule has 0 spiro atoms. The molecule has 1 aliphatic heterocycles. The summed E-state index contributed by atoms with van der Waals surface area (Å²) in [5.41, 5.74) is 6.56. The summed E-state index contributed by atoms with van der Waals surface area (Å²) in [7, 11) is 0. The van der Waals surface area contributed by atoms with E-state index in [1.807, 2.05) is 0 Å². The summed E-state index contributed by atoms with van der Waals surface area (Å²) in [5.74, 6) is 0.202. The van der Waals surface area contributed by atoms with Crippen LogP contribution in [0.2, 0.25) is 0 Å². The van der Waals surface area contributed by atoms with E-state index >= 15 is 0 Å². The number of anilines is 1. The average molecular weight is 300 g/mol. The van der Waals surface area contributed by atoms with Crippen LogP contribution in [0.25, 0.3) is 0 Å². The first-order valence-corrected chi connectivity index (χ1v) is 6.22. The molecule has 1 aromatic carbocycles. The molecule has 0 aromatic heterocycles. The molecule has 0 unspecified atom stereocenters. The van der Waals surface area contributed by atoms with Crippen LogP contribution in [0.1, 0.15) is 6.93 Å². The quantitative estimate of drug-likeness (QED) is 0.401. The molecule has 1 heterocycles. The fourth-order valence-corrected chi connectivity index (χ4v) is 1.92. The number of nitrogens with two attached hydrogens (primary N) is 1. The second kappa shape index (κ2) is 6.72. The van der Waals surface area contributed by atoms with Crippen molar-refractivity contribution in [2.45, 2.75) is 31.2 Å². The first-order valence-electron chi connectivity index (χ1n) is 6.72. The van der Waals surface area contributed by atoms with Crippen molar-refractivity contribution in [2.24, 2.45) is 0 Å². The monoisotopic (exact) mass is 300 g/mol. The summed E-state index contributed by atoms with van der Waals surface area (Å²) in [5, 5.41) is 28.7. The lowest BCUT2D eigenvalue weighted by atomic mass is 10.1. The standard InChI is InChI=1S/C13H17NO7/c14-8-3-7(4-19-6-15)1-2-10(8)21-13-12(18)11(17)9(16)5-20-13/h1-3,6,9,11-13,16-18H,4-5,14H2/t9-,11+,12-,13+/m1/s1/i6D. The maximum absolute atomic E-state index is 10.4. The number of carbonyl (C=O) groups excluding carboxylic acids is 1. The molecule has 0 radical (unpaired) electrons. The maximum Gasteiger partial charge on any atom is 0.293 e. The molecular formula is C13H17NO7. The molecule has 1 fully saturated rings. The largest absolute Gasteiger partial charge is 0.463 e. The van der Waals surface area contributed by atoms with Gasteiger partial charge in [0.2, 0.25) is 6.29 Å². The zero-order valence-electron chi connectivity index (χ0n) is 12.0. The van der Waals surface area contributed by atoms with Crippen molar-refractivity contribution in [1.29, 1.82) is 0 Å². The summed E-state index contributed by atoms with van der Waals surface area (Å²) in [6, 6.07) is 4.53. The summed E-state index contributed by atoms with van der Waals surface area (Å²) in [6.45, 7) is -0.277. The van der Waals surface area contributed by atoms with E-state index in [0.717, 1.165) is 0 Å². The highest BCUT2D eigenvalue weighted by atomic mass is 16.7. The number of hydrogen-bond donors (Lipinski definition) is 4. The lowest BCUT2D eigenvalue weighted by Crippen LogP contribution is -2.54. The highest BCUT2D eigenvalue weighted by molar-refractivity contribution is 5.54. The minimum absolute atomic E-state index is 0.0970. The number of nitrogen functional groups attached to an aromatic ring is 1. The van der Waals surface area contributed by atoms with Crippen LogP contribution in [0.15, 0.2) is 18.2 Å². The van der Waals surface area contributed by atoms with Gasteiger partial charge in [0.15, 0.2) is 1.37 Å². The Balaban J connectivity index is 2.02. The molecule has 0 bridgehead atoms. The summed E-state index contributed by atoms with van der Waals surface area (Å²) in [6.07, 6.45) is -6.31. The Morgan fingerprint density at radius 2 is 2.19 bits per heavy atom. The number of carbonyl (C=O) groups is 1. The van der Waals surface area contributed by atoms with E-state index in [0.29, 0.717) is 5.56 Å². The maximum atomic E-state index is 10.4. The topological polar surface area (TPSA) is 131 Å². The second-order valence-corrected chi connectivity index (χ2v) is 4.61. The third-order valence-corrected chi connectivity index (χ3v) is 3.07. The predicted molar refractivity (Wildman–Crippen MR) is 70.1 cm³/mol. The number of aliphatic hydroxyl groups excluding tert-OH is 3. The van der Waals surface area contributed by atoms with Gasteiger partial charge in [0, 0.05) is 0 Å². The van der Waals surface area contributed by atoms with Crippen molar-refractivity contribution in [3.63, 3.8) is 0 Å². The molecule has 116 valence electrons. The molecule has 0 saturated carbocycles. The minimum atomic E-state index is -1.42. The van der Waals surface area contributed by atoms with Crippen LogP contribution in [-0.4, -0.2) is 53.0 Å². The van der Waals surface area contributed by atoms with Crippen molar-refractivity contribution in [1.82, 2.24) is 0 Å². The number of benzene rings is 1. The molecule has 5 N–H and O–H groups in total. The fraction of sp³-hybridized carbons (Fsp3) is 0.462. The molecule has 21 heavy (non-hydrogen) atoms. The van der Waals surface area contributed by atoms with Crippen molar-refractivity contribution >= 4 is 12.1 Å². The predicted octanol–water partition coefficient (Wildman–Crippen LogP) is -1.24. The first-order chi connectivity index (χ1) is 10.4. The van der Waals surface area contributed by atoms with Gasteiger partial charge in [-0.25, -0.2) is 0 Å². The van der Waals surface area contributed by atoms with Crippen LogP contribution in [0.4, 0.5) is 5.69 Å². The van der Waals surface area contributed by atoms with E-state index in [9.17, 15) is 20.1 Å². The van der Waals surface area contributed by atoms with Crippen molar-refractivity contribution in [3.8, 4) is 5.75 Å². The zero-order chi connectivity index (χ0) is 16.3. The van der Waals surface area contributed by atoms with Crippen molar-refractivity contribution in [2.75, 3.05) is 12.3 Å². The highest BCUT2D eigenvalue weighted by Crippen LogP contribution is 2.27. The Bertz CT molecular complexity index is 541. The number of hydrogen-bond acceptors (Lipinski definition) is 8. The van der Waals surface area contributed by atoms with Gasteiger partial charge < -0.3 is 35.3 Å². The highest BCUT2D eigenvalue weighted by Gasteiger charge is 2.39. The van der Waals surface area contributed by atoms with Gasteiger partial charge >= 0.3 is 0 Å². The Hall–Kier alpha value is -1.87. The van der Waals surface area contributed by atoms with Gasteiger partial charge in [-0.15, -0.1) is 0 Å². The Labute approximate surface area is 122 Å². The van der Waals surface area contributed by atoms with Crippen LogP contribution in [0.5, 0.6) is 5.75 Å². The van der Waals surface area contributed by atoms with Crippen molar-refractivity contribution in [3.05, 3.63) is 23.8 Å². The van der Waals surface area contributed by atoms with Crippen LogP contribution >= 0.6 is 0 Å². The number of rotatable bonds is 4. The van der Waals surface area contributed by atoms with E-state index < -0.39 is 31.1 Å². The third kappa shape index (κ3) is 3.61. The fourth-order valence-electron chi connectivity index (χ4n) is 1.92. The molecular weight excluding hydrogens is 282 g/mol. The van der Waals surface area contributed by atoms with Crippen LogP contribution in [0.3, 0.4) is 0 Å². The van der Waals surface area contributed by atoms with Gasteiger partial charge in [0.05, 0.1) is 12.3 Å². The second-order valence-electron chi connectivity index (χ2n) is 4.61. The molecule has 0 amide bonds. The van der Waals surface area contributed by atoms with E-state index in [-0.39, 0.29) is 24.7 Å². The molecule has 1 aromatic rings. The van der Waals surface area contributed by atoms with Gasteiger partial charge in [0.25, 0.3) is 6.45 Å². The third-order valence-electron chi connectivity index (χ3n) is 3.07. The average Bonchev–Trinajstić information content (AvgIpc) is 2.47. The minimum Gasteiger partial charge on any atom is -0.463 e. The van der Waals surface area contributed by atoms with Crippen LogP contribution in [0, 0.1) is 0 Å². The van der Waals surface area contributed by atoms with Crippen LogP contribution < -0.4 is 10.5 Å². The van der Waals surface area contributed by atoms with E-state index in [1.165, 1.54) is 12.1 Å². The first kappa shape index (κ1) is 14.1. The Morgan fingerprint density at radius 3 is 2.86 bits per heavy atom. The van der Waals surface area contributed by atoms with Gasteiger partial charge in [-0.3, -0.25) is 4.79 Å². The lowest BCUT2D eigenvalue weighted by molar-refractivity contribution is -0.241. The molecule has 1 aliphatic rings. The number of ether oxygens (including phenoxy) is 3. The summed E-state index contributed by atoms with van der Waals surface area (Å²) < 4.78 is 21.7. The van der Waals surface area contributed by atoms with Crippen LogP contribution in [-0.2, 0) is 20.9 Å². The lowest BCUT2D eigenvalue weighted by Gasteiger charge is -2.35. The molecule has 0 aliphatic carbocycles. The normalized spacial score (nSPS) is 29.6. The van der Waals surface area contributed by atoms with E-state index in [4.69, 9.17) is 16.6 Å². The van der Waals surface area contributed by atoms with E-state index in [2.05, 4.69) is 4.74 Å². The van der Waals surface area contributed by atoms with Gasteiger partial charge in [0.1, 0.15) is 30.7 Å². The SMILES string of the molecule is [2H]C(=O)OCc1ccc(O[C@@H]2OC[C@@H](O)[C@H](O)[C@H]2O)c(N)c1. The summed E-state index contributed by atoms with van der Waals surface area (Å²) in [4.78, 5) is 10.4. The molecule has 4 atom stereocenters. The number of aliphatic hydroxyl groups is 3. The van der Waals surface area contributed by atoms with Gasteiger partial charge in [-0.1, -0.05) is 6.07 Å². The molecule has 1 saturated heterocycles.